The molecule has 1 heterocycles. The molecule has 1 fully saturated rings. The Hall–Kier alpha value is -2.80. The summed E-state index contributed by atoms with van der Waals surface area (Å²) in [6.45, 7) is 5.16. The lowest BCUT2D eigenvalue weighted by atomic mass is 10.1. The van der Waals surface area contributed by atoms with Gasteiger partial charge in [-0.15, -0.1) is 0 Å². The Labute approximate surface area is 190 Å². The van der Waals surface area contributed by atoms with Crippen LogP contribution < -0.4 is 20.7 Å². The topological polar surface area (TPSA) is 70.8 Å². The molecule has 0 bridgehead atoms. The quantitative estimate of drug-likeness (QED) is 0.383. The number of ether oxygens (including phenoxy) is 1. The highest BCUT2D eigenvalue weighted by atomic mass is 32.1. The number of hydrogen-bond donors (Lipinski definition) is 2. The first kappa shape index (κ1) is 22.9. The average molecular weight is 441 g/mol. The fourth-order valence-electron chi connectivity index (χ4n) is 3.69. The fourth-order valence-corrected chi connectivity index (χ4v) is 3.80. The second kappa shape index (κ2) is 11.6. The smallest absolute Gasteiger partial charge is 0.324 e. The first-order valence-corrected chi connectivity index (χ1v) is 11.4. The lowest BCUT2D eigenvalue weighted by Crippen LogP contribution is -2.32. The van der Waals surface area contributed by atoms with Crippen molar-refractivity contribution in [1.82, 2.24) is 4.90 Å². The molecule has 2 aromatic rings. The Morgan fingerprint density at radius 3 is 2.58 bits per heavy atom. The predicted octanol–water partition coefficient (Wildman–Crippen LogP) is 4.92. The van der Waals surface area contributed by atoms with Crippen LogP contribution >= 0.6 is 12.2 Å². The summed E-state index contributed by atoms with van der Waals surface area (Å²) in [4.78, 5) is 16.5. The Morgan fingerprint density at radius 2 is 1.81 bits per heavy atom. The van der Waals surface area contributed by atoms with Gasteiger partial charge in [0.25, 0.3) is 0 Å². The first-order valence-electron chi connectivity index (χ1n) is 11.0. The molecule has 6 nitrogen and oxygen atoms in total. The zero-order valence-corrected chi connectivity index (χ0v) is 19.0. The van der Waals surface area contributed by atoms with E-state index in [4.69, 9.17) is 22.7 Å². The number of nitrogens with two attached hydrogens (primary N) is 1. The van der Waals surface area contributed by atoms with E-state index in [-0.39, 0.29) is 11.1 Å². The number of hydrogen-bond acceptors (Lipinski definition) is 3. The van der Waals surface area contributed by atoms with Gasteiger partial charge in [0.1, 0.15) is 5.75 Å². The van der Waals surface area contributed by atoms with Crippen molar-refractivity contribution in [1.29, 1.82) is 0 Å². The van der Waals surface area contributed by atoms with Crippen molar-refractivity contribution in [2.75, 3.05) is 36.5 Å². The monoisotopic (exact) mass is 440 g/mol. The molecule has 166 valence electrons. The van der Waals surface area contributed by atoms with Crippen molar-refractivity contribution in [3.05, 3.63) is 54.1 Å². The van der Waals surface area contributed by atoms with Crippen molar-refractivity contribution in [2.24, 2.45) is 5.73 Å². The van der Waals surface area contributed by atoms with Gasteiger partial charge in [-0.1, -0.05) is 43.0 Å². The minimum atomic E-state index is 0.129. The number of urea groups is 1. The molecule has 2 aromatic carbocycles. The minimum Gasteiger partial charge on any atom is -0.494 e. The van der Waals surface area contributed by atoms with Crippen molar-refractivity contribution in [2.45, 2.75) is 39.0 Å². The highest BCUT2D eigenvalue weighted by Crippen LogP contribution is 2.21. The summed E-state index contributed by atoms with van der Waals surface area (Å²) in [5.74, 6) is 0.812. The summed E-state index contributed by atoms with van der Waals surface area (Å²) in [6.07, 6.45) is 5.45. The summed E-state index contributed by atoms with van der Waals surface area (Å²) in [7, 11) is 0. The molecule has 0 unspecified atom stereocenters. The Kier molecular flexibility index (Phi) is 8.53. The second-order valence-corrected chi connectivity index (χ2v) is 8.33. The molecule has 31 heavy (non-hydrogen) atoms. The van der Waals surface area contributed by atoms with Gasteiger partial charge in [-0.2, -0.15) is 0 Å². The number of nitrogens with zero attached hydrogens (tertiary/aromatic N) is 2. The molecule has 0 aromatic heterocycles. The largest absolute Gasteiger partial charge is 0.494 e. The molecular weight excluding hydrogens is 408 g/mol. The Morgan fingerprint density at radius 1 is 1.06 bits per heavy atom. The summed E-state index contributed by atoms with van der Waals surface area (Å²) in [5, 5.41) is 3.15. The predicted molar refractivity (Wildman–Crippen MR) is 131 cm³/mol. The van der Waals surface area contributed by atoms with Crippen molar-refractivity contribution < 1.29 is 9.53 Å². The van der Waals surface area contributed by atoms with E-state index in [1.807, 2.05) is 46.2 Å². The number of carbonyl (C=O) groups is 1. The standard InChI is InChI=1S/C24H32N4O2S/c1-19-10-12-21(13-11-19)28-16-15-27(24(28)29)14-5-3-2-4-6-17-30-22-9-7-8-20(18-22)26-23(25)31/h7-13,18H,2-6,14-17H2,1H3,(H3,25,26,31). The molecule has 3 N–H and O–H groups in total. The summed E-state index contributed by atoms with van der Waals surface area (Å²) in [5.41, 5.74) is 8.53. The molecule has 1 aliphatic rings. The van der Waals surface area contributed by atoms with Crippen LogP contribution in [0.2, 0.25) is 0 Å². The van der Waals surface area contributed by atoms with Crippen LogP contribution in [0.25, 0.3) is 0 Å². The van der Waals surface area contributed by atoms with Gasteiger partial charge < -0.3 is 20.7 Å². The van der Waals surface area contributed by atoms with E-state index in [0.29, 0.717) is 6.61 Å². The summed E-state index contributed by atoms with van der Waals surface area (Å²) < 4.78 is 5.81. The van der Waals surface area contributed by atoms with E-state index in [0.717, 1.165) is 68.9 Å². The number of carbonyl (C=O) groups excluding carboxylic acids is 1. The normalized spacial score (nSPS) is 13.5. The maximum atomic E-state index is 12.6. The number of unbranched alkanes of at least 4 members (excludes halogenated alkanes) is 4. The highest BCUT2D eigenvalue weighted by Gasteiger charge is 2.28. The maximum Gasteiger partial charge on any atom is 0.324 e. The highest BCUT2D eigenvalue weighted by molar-refractivity contribution is 7.80. The summed E-state index contributed by atoms with van der Waals surface area (Å²) >= 11 is 4.85. The third kappa shape index (κ3) is 7.14. The van der Waals surface area contributed by atoms with Crippen molar-refractivity contribution >= 4 is 34.7 Å². The van der Waals surface area contributed by atoms with Gasteiger partial charge in [-0.05, 0) is 56.2 Å². The molecular formula is C24H32N4O2S. The molecule has 1 saturated heterocycles. The molecule has 0 radical (unpaired) electrons. The van der Waals surface area contributed by atoms with E-state index < -0.39 is 0 Å². The fraction of sp³-hybridized carbons (Fsp3) is 0.417. The average Bonchev–Trinajstić information content (AvgIpc) is 3.11. The molecule has 2 amide bonds. The molecule has 0 spiro atoms. The molecule has 0 atom stereocenters. The summed E-state index contributed by atoms with van der Waals surface area (Å²) in [6, 6.07) is 15.9. The Bertz CT molecular complexity index is 872. The zero-order valence-electron chi connectivity index (χ0n) is 18.2. The second-order valence-electron chi connectivity index (χ2n) is 7.89. The molecule has 3 rings (SSSR count). The zero-order chi connectivity index (χ0) is 22.1. The molecule has 1 aliphatic heterocycles. The third-order valence-corrected chi connectivity index (χ3v) is 5.49. The number of nitrogens with one attached hydrogen (secondary N) is 1. The van der Waals surface area contributed by atoms with E-state index in [1.54, 1.807) is 0 Å². The van der Waals surface area contributed by atoms with E-state index in [9.17, 15) is 4.79 Å². The number of rotatable bonds is 11. The molecule has 0 aliphatic carbocycles. The van der Waals surface area contributed by atoms with Gasteiger partial charge >= 0.3 is 6.03 Å². The van der Waals surface area contributed by atoms with Crippen LogP contribution in [-0.4, -0.2) is 42.3 Å². The van der Waals surface area contributed by atoms with Crippen molar-refractivity contribution in [3.8, 4) is 5.75 Å². The minimum absolute atomic E-state index is 0.129. The lowest BCUT2D eigenvalue weighted by Gasteiger charge is -2.18. The number of benzene rings is 2. The van der Waals surface area contributed by atoms with Gasteiger partial charge in [0.2, 0.25) is 0 Å². The number of aryl methyl sites for hydroxylation is 1. The number of thiocarbonyl (C=S) groups is 1. The van der Waals surface area contributed by atoms with E-state index in [2.05, 4.69) is 24.4 Å². The van der Waals surface area contributed by atoms with Crippen LogP contribution in [0.3, 0.4) is 0 Å². The Balaban J connectivity index is 1.26. The van der Waals surface area contributed by atoms with Gasteiger partial charge in [-0.25, -0.2) is 4.79 Å². The van der Waals surface area contributed by atoms with Crippen LogP contribution in [0, 0.1) is 6.92 Å². The third-order valence-electron chi connectivity index (χ3n) is 5.38. The van der Waals surface area contributed by atoms with Crippen LogP contribution in [0.15, 0.2) is 48.5 Å². The van der Waals surface area contributed by atoms with Crippen molar-refractivity contribution in [3.63, 3.8) is 0 Å². The van der Waals surface area contributed by atoms with Gasteiger partial charge in [0.15, 0.2) is 5.11 Å². The molecule has 7 heteroatoms. The SMILES string of the molecule is Cc1ccc(N2CCN(CCCCCCCOc3cccc(NC(N)=S)c3)C2=O)cc1. The maximum absolute atomic E-state index is 12.6. The van der Waals surface area contributed by atoms with Gasteiger partial charge in [0, 0.05) is 37.1 Å². The number of amides is 2. The van der Waals surface area contributed by atoms with Gasteiger partial charge in [0.05, 0.1) is 6.61 Å². The molecule has 0 saturated carbocycles. The van der Waals surface area contributed by atoms with E-state index in [1.165, 1.54) is 5.56 Å². The van der Waals surface area contributed by atoms with Crippen LogP contribution in [0.1, 0.15) is 37.7 Å². The van der Waals surface area contributed by atoms with Crippen LogP contribution in [-0.2, 0) is 0 Å². The van der Waals surface area contributed by atoms with Crippen LogP contribution in [0.4, 0.5) is 16.2 Å². The lowest BCUT2D eigenvalue weighted by molar-refractivity contribution is 0.219. The van der Waals surface area contributed by atoms with Crippen LogP contribution in [0.5, 0.6) is 5.75 Å². The van der Waals surface area contributed by atoms with Gasteiger partial charge in [-0.3, -0.25) is 4.90 Å². The van der Waals surface area contributed by atoms with E-state index >= 15 is 0 Å². The number of anilines is 2. The first-order chi connectivity index (χ1) is 15.0.